The van der Waals surface area contributed by atoms with Crippen LogP contribution in [0.4, 0.5) is 5.69 Å². The van der Waals surface area contributed by atoms with Gasteiger partial charge in [-0.15, -0.1) is 0 Å². The average Bonchev–Trinajstić information content (AvgIpc) is 2.60. The van der Waals surface area contributed by atoms with Crippen molar-refractivity contribution in [2.45, 2.75) is 64.2 Å². The predicted molar refractivity (Wildman–Crippen MR) is 114 cm³/mol. The molecule has 5 nitrogen and oxygen atoms in total. The minimum atomic E-state index is -3.92. The van der Waals surface area contributed by atoms with E-state index in [0.29, 0.717) is 4.90 Å². The number of amides is 1. The summed E-state index contributed by atoms with van der Waals surface area (Å²) in [6, 6.07) is 10.3. The van der Waals surface area contributed by atoms with Gasteiger partial charge in [0.1, 0.15) is 0 Å². The molecule has 0 saturated heterocycles. The topological polar surface area (TPSA) is 89.3 Å². The quantitative estimate of drug-likeness (QED) is 0.686. The fourth-order valence-corrected chi connectivity index (χ4v) is 4.96. The molecule has 0 fully saturated rings. The summed E-state index contributed by atoms with van der Waals surface area (Å²) >= 11 is 0. The molecule has 2 aromatic rings. The van der Waals surface area contributed by atoms with Crippen molar-refractivity contribution in [2.75, 3.05) is 4.72 Å². The third-order valence-corrected chi connectivity index (χ3v) is 6.28. The molecule has 0 aliphatic heterocycles. The summed E-state index contributed by atoms with van der Waals surface area (Å²) in [6.45, 7) is 12.1. The van der Waals surface area contributed by atoms with E-state index in [1.54, 1.807) is 18.2 Å². The maximum absolute atomic E-state index is 13.4. The number of hydrogen-bond acceptors (Lipinski definition) is 3. The van der Waals surface area contributed by atoms with Gasteiger partial charge in [0.25, 0.3) is 15.9 Å². The number of sulfonamides is 1. The second-order valence-corrected chi connectivity index (χ2v) is 9.63. The van der Waals surface area contributed by atoms with Crippen LogP contribution in [0.25, 0.3) is 0 Å². The molecule has 0 atom stereocenters. The number of rotatable bonds is 7. The molecule has 0 aliphatic rings. The molecule has 0 aromatic heterocycles. The Morgan fingerprint density at radius 1 is 0.893 bits per heavy atom. The molecule has 1 amide bonds. The highest BCUT2D eigenvalue weighted by molar-refractivity contribution is 7.92. The monoisotopic (exact) mass is 402 g/mol. The predicted octanol–water partition coefficient (Wildman–Crippen LogP) is 4.96. The third-order valence-electron chi connectivity index (χ3n) is 4.78. The van der Waals surface area contributed by atoms with Gasteiger partial charge in [-0.05, 0) is 46.6 Å². The normalized spacial score (nSPS) is 12.0. The van der Waals surface area contributed by atoms with Gasteiger partial charge in [-0.3, -0.25) is 9.52 Å². The zero-order valence-electron chi connectivity index (χ0n) is 17.4. The highest BCUT2D eigenvalue weighted by Gasteiger charge is 2.27. The highest BCUT2D eigenvalue weighted by Crippen LogP contribution is 2.36. The summed E-state index contributed by atoms with van der Waals surface area (Å²) in [5.74, 6) is -0.347. The Hall–Kier alpha value is -2.34. The van der Waals surface area contributed by atoms with Gasteiger partial charge < -0.3 is 5.73 Å². The van der Waals surface area contributed by atoms with Gasteiger partial charge in [0.05, 0.1) is 16.1 Å². The lowest BCUT2D eigenvalue weighted by molar-refractivity contribution is 0.100. The molecule has 0 aliphatic carbocycles. The minimum absolute atomic E-state index is 0.0224. The highest BCUT2D eigenvalue weighted by atomic mass is 32.2. The van der Waals surface area contributed by atoms with E-state index in [9.17, 15) is 13.2 Å². The Morgan fingerprint density at radius 3 is 1.82 bits per heavy atom. The first kappa shape index (κ1) is 22.0. The number of anilines is 1. The average molecular weight is 403 g/mol. The Balaban J connectivity index is 2.73. The first-order valence-electron chi connectivity index (χ1n) is 9.55. The van der Waals surface area contributed by atoms with Crippen molar-refractivity contribution in [3.05, 3.63) is 58.7 Å². The number of primary amides is 1. The molecule has 28 heavy (non-hydrogen) atoms. The molecular formula is C22H30N2O3S. The summed E-state index contributed by atoms with van der Waals surface area (Å²) < 4.78 is 29.5. The van der Waals surface area contributed by atoms with Crippen LogP contribution in [0.5, 0.6) is 0 Å². The summed E-state index contributed by atoms with van der Waals surface area (Å²) in [5.41, 5.74) is 8.40. The Kier molecular flexibility index (Phi) is 6.55. The van der Waals surface area contributed by atoms with E-state index < -0.39 is 15.9 Å². The molecule has 0 spiro atoms. The van der Waals surface area contributed by atoms with Crippen molar-refractivity contribution >= 4 is 21.6 Å². The van der Waals surface area contributed by atoms with Crippen LogP contribution in [0, 0.1) is 0 Å². The van der Waals surface area contributed by atoms with Crippen molar-refractivity contribution in [1.29, 1.82) is 0 Å². The molecule has 0 heterocycles. The maximum atomic E-state index is 13.4. The van der Waals surface area contributed by atoms with Crippen LogP contribution < -0.4 is 10.5 Å². The lowest BCUT2D eigenvalue weighted by Crippen LogP contribution is -2.21. The Labute approximate surface area is 168 Å². The summed E-state index contributed by atoms with van der Waals surface area (Å²) in [5, 5.41) is 0. The molecule has 2 aromatic carbocycles. The van der Waals surface area contributed by atoms with E-state index in [0.717, 1.165) is 16.7 Å². The number of carbonyl (C=O) groups excluding carboxylic acids is 1. The van der Waals surface area contributed by atoms with Crippen molar-refractivity contribution < 1.29 is 13.2 Å². The van der Waals surface area contributed by atoms with Crippen molar-refractivity contribution in [2.24, 2.45) is 5.73 Å². The number of nitrogens with two attached hydrogens (primary N) is 1. The first-order chi connectivity index (χ1) is 13.0. The van der Waals surface area contributed by atoms with E-state index in [2.05, 4.69) is 18.6 Å². The van der Waals surface area contributed by atoms with Crippen molar-refractivity contribution in [1.82, 2.24) is 0 Å². The number of carbonyl (C=O) groups is 1. The molecule has 0 unspecified atom stereocenters. The second kappa shape index (κ2) is 8.35. The van der Waals surface area contributed by atoms with E-state index in [1.165, 1.54) is 6.07 Å². The number of nitrogens with one attached hydrogen (secondary N) is 1. The SMILES string of the molecule is CC(C)c1cc(C(C)C)c(S(=O)(=O)Nc2ccccc2C(N)=O)c(C(C)C)c1. The summed E-state index contributed by atoms with van der Waals surface area (Å²) in [4.78, 5) is 12.0. The minimum Gasteiger partial charge on any atom is -0.366 e. The zero-order chi connectivity index (χ0) is 21.2. The third kappa shape index (κ3) is 4.55. The lowest BCUT2D eigenvalue weighted by Gasteiger charge is -2.23. The fraction of sp³-hybridized carbons (Fsp3) is 0.409. The van der Waals surface area contributed by atoms with E-state index in [-0.39, 0.29) is 29.0 Å². The molecule has 152 valence electrons. The van der Waals surface area contributed by atoms with Crippen LogP contribution in [0.2, 0.25) is 0 Å². The van der Waals surface area contributed by atoms with Crippen molar-refractivity contribution in [3.63, 3.8) is 0 Å². The van der Waals surface area contributed by atoms with Gasteiger partial charge in [0.2, 0.25) is 0 Å². The van der Waals surface area contributed by atoms with Crippen LogP contribution >= 0.6 is 0 Å². The standard InChI is InChI=1S/C22H30N2O3S/c1-13(2)16-11-18(14(3)4)21(19(12-16)15(5)6)28(26,27)24-20-10-8-7-9-17(20)22(23)25/h7-15,24H,1-6H3,(H2,23,25). The Morgan fingerprint density at radius 2 is 1.39 bits per heavy atom. The number of benzene rings is 2. The Bertz CT molecular complexity index is 948. The molecule has 6 heteroatoms. The molecule has 0 bridgehead atoms. The summed E-state index contributed by atoms with van der Waals surface area (Å²) in [6.07, 6.45) is 0. The van der Waals surface area contributed by atoms with Crippen LogP contribution in [0.1, 0.15) is 86.3 Å². The number of para-hydroxylation sites is 1. The second-order valence-electron chi connectivity index (χ2n) is 8.01. The molecule has 3 N–H and O–H groups in total. The fourth-order valence-electron chi connectivity index (χ4n) is 3.18. The van der Waals surface area contributed by atoms with Crippen LogP contribution in [0.15, 0.2) is 41.3 Å². The van der Waals surface area contributed by atoms with Gasteiger partial charge in [0.15, 0.2) is 0 Å². The molecular weight excluding hydrogens is 372 g/mol. The smallest absolute Gasteiger partial charge is 0.262 e. The van der Waals surface area contributed by atoms with Crippen LogP contribution in [0.3, 0.4) is 0 Å². The van der Waals surface area contributed by atoms with Crippen molar-refractivity contribution in [3.8, 4) is 0 Å². The first-order valence-corrected chi connectivity index (χ1v) is 11.0. The van der Waals surface area contributed by atoms with Gasteiger partial charge >= 0.3 is 0 Å². The van der Waals surface area contributed by atoms with Gasteiger partial charge in [-0.2, -0.15) is 0 Å². The van der Waals surface area contributed by atoms with E-state index in [1.807, 2.05) is 39.8 Å². The van der Waals surface area contributed by atoms with Gasteiger partial charge in [0, 0.05) is 0 Å². The molecule has 2 rings (SSSR count). The van der Waals surface area contributed by atoms with Gasteiger partial charge in [-0.25, -0.2) is 8.42 Å². The molecule has 0 saturated carbocycles. The molecule has 0 radical (unpaired) electrons. The lowest BCUT2D eigenvalue weighted by atomic mass is 9.89. The zero-order valence-corrected chi connectivity index (χ0v) is 18.2. The van der Waals surface area contributed by atoms with Crippen LogP contribution in [-0.4, -0.2) is 14.3 Å². The summed E-state index contributed by atoms with van der Waals surface area (Å²) in [7, 11) is -3.92. The van der Waals surface area contributed by atoms with E-state index >= 15 is 0 Å². The van der Waals surface area contributed by atoms with E-state index in [4.69, 9.17) is 5.73 Å². The maximum Gasteiger partial charge on any atom is 0.262 e. The number of hydrogen-bond donors (Lipinski definition) is 2. The largest absolute Gasteiger partial charge is 0.366 e. The van der Waals surface area contributed by atoms with Crippen LogP contribution in [-0.2, 0) is 10.0 Å². The van der Waals surface area contributed by atoms with Gasteiger partial charge in [-0.1, -0.05) is 65.8 Å².